The molecule has 0 amide bonds. The first-order valence-electron chi connectivity index (χ1n) is 4.35. The second kappa shape index (κ2) is 3.43. The fraction of sp³-hybridized carbons (Fsp3) is 0.333. The van der Waals surface area contributed by atoms with E-state index in [4.69, 9.17) is 5.73 Å². The molecule has 2 rings (SSSR count). The summed E-state index contributed by atoms with van der Waals surface area (Å²) in [4.78, 5) is 0. The lowest BCUT2D eigenvalue weighted by Crippen LogP contribution is -2.41. The number of benzene rings is 1. The van der Waals surface area contributed by atoms with Crippen LogP contribution in [0.1, 0.15) is 17.3 Å². The SMILES string of the molecule is Cc1ccc(C2NNC(N)N2)cc1. The lowest BCUT2D eigenvalue weighted by Gasteiger charge is -2.10. The topological polar surface area (TPSA) is 62.1 Å². The van der Waals surface area contributed by atoms with Crippen LogP contribution < -0.4 is 21.9 Å². The van der Waals surface area contributed by atoms with E-state index in [1.54, 1.807) is 0 Å². The van der Waals surface area contributed by atoms with Gasteiger partial charge in [0.1, 0.15) is 6.29 Å². The third kappa shape index (κ3) is 1.87. The highest BCUT2D eigenvalue weighted by atomic mass is 15.6. The van der Waals surface area contributed by atoms with Crippen molar-refractivity contribution in [2.75, 3.05) is 0 Å². The van der Waals surface area contributed by atoms with Crippen LogP contribution >= 0.6 is 0 Å². The van der Waals surface area contributed by atoms with E-state index in [1.165, 1.54) is 11.1 Å². The molecule has 70 valence electrons. The summed E-state index contributed by atoms with van der Waals surface area (Å²) in [7, 11) is 0. The third-order valence-electron chi connectivity index (χ3n) is 2.14. The number of hydrogen-bond donors (Lipinski definition) is 4. The summed E-state index contributed by atoms with van der Waals surface area (Å²) in [5.41, 5.74) is 14.0. The van der Waals surface area contributed by atoms with Crippen molar-refractivity contribution in [1.82, 2.24) is 16.2 Å². The van der Waals surface area contributed by atoms with Crippen LogP contribution in [0, 0.1) is 6.92 Å². The van der Waals surface area contributed by atoms with E-state index < -0.39 is 0 Å². The van der Waals surface area contributed by atoms with Gasteiger partial charge in [-0.05, 0) is 12.5 Å². The van der Waals surface area contributed by atoms with Crippen molar-refractivity contribution >= 4 is 0 Å². The van der Waals surface area contributed by atoms with Crippen LogP contribution in [-0.2, 0) is 0 Å². The highest BCUT2D eigenvalue weighted by Gasteiger charge is 2.19. The predicted molar refractivity (Wildman–Crippen MR) is 51.3 cm³/mol. The molecule has 4 heteroatoms. The van der Waals surface area contributed by atoms with Crippen LogP contribution in [0.3, 0.4) is 0 Å². The Kier molecular flexibility index (Phi) is 2.28. The Labute approximate surface area is 77.5 Å². The molecule has 1 aromatic rings. The monoisotopic (exact) mass is 178 g/mol. The van der Waals surface area contributed by atoms with Gasteiger partial charge in [-0.2, -0.15) is 0 Å². The summed E-state index contributed by atoms with van der Waals surface area (Å²) < 4.78 is 0. The third-order valence-corrected chi connectivity index (χ3v) is 2.14. The van der Waals surface area contributed by atoms with E-state index in [-0.39, 0.29) is 12.5 Å². The zero-order valence-electron chi connectivity index (χ0n) is 7.54. The minimum Gasteiger partial charge on any atom is -0.303 e. The van der Waals surface area contributed by atoms with Crippen molar-refractivity contribution in [2.24, 2.45) is 5.73 Å². The first-order valence-corrected chi connectivity index (χ1v) is 4.35. The molecule has 0 spiro atoms. The van der Waals surface area contributed by atoms with Gasteiger partial charge in [0.2, 0.25) is 0 Å². The van der Waals surface area contributed by atoms with Gasteiger partial charge in [-0.1, -0.05) is 29.8 Å². The molecule has 13 heavy (non-hydrogen) atoms. The normalized spacial score (nSPS) is 27.8. The van der Waals surface area contributed by atoms with Crippen molar-refractivity contribution in [3.63, 3.8) is 0 Å². The molecule has 1 heterocycles. The fourth-order valence-electron chi connectivity index (χ4n) is 1.37. The molecule has 0 aliphatic carbocycles. The summed E-state index contributed by atoms with van der Waals surface area (Å²) in [5, 5.41) is 3.15. The molecule has 1 fully saturated rings. The molecule has 1 aliphatic rings. The number of hydrogen-bond acceptors (Lipinski definition) is 4. The minimum atomic E-state index is -0.175. The van der Waals surface area contributed by atoms with Gasteiger partial charge in [0.25, 0.3) is 0 Å². The van der Waals surface area contributed by atoms with Crippen LogP contribution in [0.4, 0.5) is 0 Å². The Bertz CT molecular complexity index is 282. The van der Waals surface area contributed by atoms with Crippen molar-refractivity contribution in [3.05, 3.63) is 35.4 Å². The van der Waals surface area contributed by atoms with Gasteiger partial charge in [-0.15, -0.1) is 0 Å². The maximum absolute atomic E-state index is 5.61. The van der Waals surface area contributed by atoms with Crippen molar-refractivity contribution in [2.45, 2.75) is 19.4 Å². The Morgan fingerprint density at radius 1 is 1.15 bits per heavy atom. The van der Waals surface area contributed by atoms with E-state index >= 15 is 0 Å². The van der Waals surface area contributed by atoms with E-state index in [0.29, 0.717) is 0 Å². The molecule has 0 radical (unpaired) electrons. The van der Waals surface area contributed by atoms with Crippen LogP contribution in [0.5, 0.6) is 0 Å². The highest BCUT2D eigenvalue weighted by Crippen LogP contribution is 2.12. The Morgan fingerprint density at radius 2 is 1.85 bits per heavy atom. The van der Waals surface area contributed by atoms with Crippen molar-refractivity contribution in [3.8, 4) is 0 Å². The molecule has 5 N–H and O–H groups in total. The first-order chi connectivity index (χ1) is 6.25. The molecule has 1 saturated heterocycles. The largest absolute Gasteiger partial charge is 0.303 e. The number of nitrogens with one attached hydrogen (secondary N) is 3. The Hall–Kier alpha value is -0.940. The van der Waals surface area contributed by atoms with Crippen LogP contribution in [0.15, 0.2) is 24.3 Å². The first kappa shape index (κ1) is 8.65. The molecule has 1 aromatic carbocycles. The van der Waals surface area contributed by atoms with Crippen LogP contribution in [-0.4, -0.2) is 6.29 Å². The molecule has 0 aromatic heterocycles. The average molecular weight is 178 g/mol. The molecule has 2 atom stereocenters. The van der Waals surface area contributed by atoms with E-state index in [1.807, 2.05) is 0 Å². The lowest BCUT2D eigenvalue weighted by molar-refractivity contribution is 0.546. The maximum Gasteiger partial charge on any atom is 0.123 e. The van der Waals surface area contributed by atoms with Gasteiger partial charge in [0.15, 0.2) is 0 Å². The summed E-state index contributed by atoms with van der Waals surface area (Å²) in [5.74, 6) is 0. The summed E-state index contributed by atoms with van der Waals surface area (Å²) in [6, 6.07) is 8.34. The average Bonchev–Trinajstić information content (AvgIpc) is 2.53. The Morgan fingerprint density at radius 3 is 2.38 bits per heavy atom. The summed E-state index contributed by atoms with van der Waals surface area (Å²) >= 11 is 0. The van der Waals surface area contributed by atoms with Crippen molar-refractivity contribution in [1.29, 1.82) is 0 Å². The highest BCUT2D eigenvalue weighted by molar-refractivity contribution is 5.24. The Balaban J connectivity index is 2.13. The van der Waals surface area contributed by atoms with Gasteiger partial charge in [0, 0.05) is 0 Å². The van der Waals surface area contributed by atoms with Crippen LogP contribution in [0.25, 0.3) is 0 Å². The standard InChI is InChI=1S/C9H14N4/c1-6-2-4-7(5-3-6)8-11-9(10)13-12-8/h2-5,8-9,11-13H,10H2,1H3. The van der Waals surface area contributed by atoms with Gasteiger partial charge in [-0.25, -0.2) is 10.9 Å². The van der Waals surface area contributed by atoms with Gasteiger partial charge >= 0.3 is 0 Å². The lowest BCUT2D eigenvalue weighted by atomic mass is 10.1. The van der Waals surface area contributed by atoms with Crippen molar-refractivity contribution < 1.29 is 0 Å². The fourth-order valence-corrected chi connectivity index (χ4v) is 1.37. The number of aryl methyl sites for hydroxylation is 1. The molecule has 1 aliphatic heterocycles. The minimum absolute atomic E-state index is 0.107. The molecule has 0 saturated carbocycles. The molecule has 4 nitrogen and oxygen atoms in total. The second-order valence-electron chi connectivity index (χ2n) is 3.28. The van der Waals surface area contributed by atoms with Gasteiger partial charge < -0.3 is 5.73 Å². The van der Waals surface area contributed by atoms with Gasteiger partial charge in [0.05, 0.1) is 6.17 Å². The molecule has 0 bridgehead atoms. The molecular formula is C9H14N4. The quantitative estimate of drug-likeness (QED) is 0.486. The number of hydrazine groups is 1. The van der Waals surface area contributed by atoms with Crippen LogP contribution in [0.2, 0.25) is 0 Å². The predicted octanol–water partition coefficient (Wildman–Crippen LogP) is -0.0667. The zero-order valence-corrected chi connectivity index (χ0v) is 7.54. The molecule has 2 unspecified atom stereocenters. The smallest absolute Gasteiger partial charge is 0.123 e. The van der Waals surface area contributed by atoms with E-state index in [2.05, 4.69) is 47.4 Å². The van der Waals surface area contributed by atoms with E-state index in [9.17, 15) is 0 Å². The number of rotatable bonds is 1. The molecular weight excluding hydrogens is 164 g/mol. The second-order valence-corrected chi connectivity index (χ2v) is 3.28. The summed E-state index contributed by atoms with van der Waals surface area (Å²) in [6.07, 6.45) is -0.0677. The zero-order chi connectivity index (χ0) is 9.26. The van der Waals surface area contributed by atoms with E-state index in [0.717, 1.165) is 0 Å². The van der Waals surface area contributed by atoms with Gasteiger partial charge in [-0.3, -0.25) is 5.32 Å². The summed E-state index contributed by atoms with van der Waals surface area (Å²) in [6.45, 7) is 2.07. The maximum atomic E-state index is 5.61. The number of nitrogens with two attached hydrogens (primary N) is 1.